The number of anilines is 2. The Morgan fingerprint density at radius 1 is 1.20 bits per heavy atom. The molecule has 1 aromatic heterocycles. The Balaban J connectivity index is 1.92. The van der Waals surface area contributed by atoms with Gasteiger partial charge in [-0.25, -0.2) is 16.8 Å². The first kappa shape index (κ1) is 18.7. The number of sulfonamides is 2. The van der Waals surface area contributed by atoms with E-state index in [9.17, 15) is 16.8 Å². The van der Waals surface area contributed by atoms with E-state index in [4.69, 9.17) is 0 Å². The zero-order valence-corrected chi connectivity index (χ0v) is 17.4. The third kappa shape index (κ3) is 3.86. The maximum atomic E-state index is 12.4. The number of hydrogen-bond acceptors (Lipinski definition) is 5. The standard InChI is InChI=1S/C15H17BrN2O4S3/c1-2-24(19,20)18-9-3-4-11-10-12(5-6-13(11)18)17-25(21,22)15-8-7-14(16)23-15/h5-8,10,17H,2-4,9H2,1H3. The van der Waals surface area contributed by atoms with Gasteiger partial charge in [-0.15, -0.1) is 11.3 Å². The lowest BCUT2D eigenvalue weighted by molar-refractivity contribution is 0.587. The molecule has 0 amide bonds. The van der Waals surface area contributed by atoms with Crippen LogP contribution in [0.5, 0.6) is 0 Å². The third-order valence-electron chi connectivity index (χ3n) is 3.92. The molecule has 0 radical (unpaired) electrons. The average molecular weight is 465 g/mol. The fourth-order valence-corrected chi connectivity index (χ4v) is 6.97. The minimum Gasteiger partial charge on any atom is -0.279 e. The number of aryl methyl sites for hydroxylation is 1. The van der Waals surface area contributed by atoms with Gasteiger partial charge < -0.3 is 0 Å². The van der Waals surface area contributed by atoms with Crippen molar-refractivity contribution < 1.29 is 16.8 Å². The highest BCUT2D eigenvalue weighted by atomic mass is 79.9. The molecule has 0 aliphatic carbocycles. The van der Waals surface area contributed by atoms with Crippen LogP contribution in [0.25, 0.3) is 0 Å². The molecule has 2 aromatic rings. The number of halogens is 1. The van der Waals surface area contributed by atoms with E-state index in [0.29, 0.717) is 30.8 Å². The third-order valence-corrected chi connectivity index (χ3v) is 9.20. The van der Waals surface area contributed by atoms with Gasteiger partial charge in [0.25, 0.3) is 10.0 Å². The fourth-order valence-electron chi connectivity index (χ4n) is 2.72. The van der Waals surface area contributed by atoms with Crippen molar-refractivity contribution >= 4 is 58.7 Å². The molecule has 2 heterocycles. The van der Waals surface area contributed by atoms with Gasteiger partial charge in [0, 0.05) is 12.2 Å². The second kappa shape index (κ2) is 6.90. The Morgan fingerprint density at radius 3 is 2.60 bits per heavy atom. The smallest absolute Gasteiger partial charge is 0.271 e. The van der Waals surface area contributed by atoms with Gasteiger partial charge in [0.1, 0.15) is 4.21 Å². The molecule has 3 rings (SSSR count). The first-order chi connectivity index (χ1) is 11.7. The largest absolute Gasteiger partial charge is 0.279 e. The number of nitrogens with zero attached hydrogens (tertiary/aromatic N) is 1. The molecule has 0 bridgehead atoms. The van der Waals surface area contributed by atoms with E-state index < -0.39 is 20.0 Å². The summed E-state index contributed by atoms with van der Waals surface area (Å²) >= 11 is 4.38. The molecular formula is C15H17BrN2O4S3. The van der Waals surface area contributed by atoms with Crippen molar-refractivity contribution in [3.8, 4) is 0 Å². The molecule has 136 valence electrons. The average Bonchev–Trinajstić information content (AvgIpc) is 3.01. The second-order valence-corrected chi connectivity index (χ2v) is 12.1. The van der Waals surface area contributed by atoms with E-state index in [1.54, 1.807) is 31.2 Å². The molecule has 0 unspecified atom stereocenters. The molecule has 1 aliphatic heterocycles. The Morgan fingerprint density at radius 2 is 1.96 bits per heavy atom. The molecule has 1 aliphatic rings. The number of benzene rings is 1. The SMILES string of the molecule is CCS(=O)(=O)N1CCCc2cc(NS(=O)(=O)c3ccc(Br)s3)ccc21. The maximum absolute atomic E-state index is 12.4. The van der Waals surface area contributed by atoms with E-state index in [1.807, 2.05) is 0 Å². The summed E-state index contributed by atoms with van der Waals surface area (Å²) in [4.78, 5) is 0. The number of fused-ring (bicyclic) bond motifs is 1. The van der Waals surface area contributed by atoms with E-state index in [-0.39, 0.29) is 9.96 Å². The predicted molar refractivity (Wildman–Crippen MR) is 104 cm³/mol. The molecule has 1 N–H and O–H groups in total. The van der Waals surface area contributed by atoms with E-state index in [1.165, 1.54) is 10.4 Å². The van der Waals surface area contributed by atoms with Crippen LogP contribution in [0, 0.1) is 0 Å². The Bertz CT molecular complexity index is 1000. The van der Waals surface area contributed by atoms with Crippen LogP contribution >= 0.6 is 27.3 Å². The van der Waals surface area contributed by atoms with Crippen molar-refractivity contribution in [2.75, 3.05) is 21.3 Å². The summed E-state index contributed by atoms with van der Waals surface area (Å²) in [6.07, 6.45) is 1.42. The van der Waals surface area contributed by atoms with Crippen LogP contribution < -0.4 is 9.03 Å². The summed E-state index contributed by atoms with van der Waals surface area (Å²) in [5.74, 6) is 0.0358. The molecule has 25 heavy (non-hydrogen) atoms. The number of rotatable bonds is 5. The topological polar surface area (TPSA) is 83.6 Å². The summed E-state index contributed by atoms with van der Waals surface area (Å²) < 4.78 is 54.2. The molecule has 0 saturated carbocycles. The number of nitrogens with one attached hydrogen (secondary N) is 1. The van der Waals surface area contributed by atoms with Gasteiger partial charge in [0.15, 0.2) is 0 Å². The normalized spacial score (nSPS) is 15.0. The highest BCUT2D eigenvalue weighted by molar-refractivity contribution is 9.11. The minimum absolute atomic E-state index is 0.0358. The summed E-state index contributed by atoms with van der Waals surface area (Å²) in [5.41, 5.74) is 1.89. The van der Waals surface area contributed by atoms with Crippen molar-refractivity contribution in [1.29, 1.82) is 0 Å². The van der Waals surface area contributed by atoms with Crippen LogP contribution in [0.3, 0.4) is 0 Å². The van der Waals surface area contributed by atoms with Crippen LogP contribution in [0.1, 0.15) is 18.9 Å². The van der Waals surface area contributed by atoms with Crippen LogP contribution in [0.2, 0.25) is 0 Å². The summed E-state index contributed by atoms with van der Waals surface area (Å²) in [7, 11) is -6.99. The molecule has 6 nitrogen and oxygen atoms in total. The quantitative estimate of drug-likeness (QED) is 0.734. The van der Waals surface area contributed by atoms with Crippen LogP contribution in [0.15, 0.2) is 38.3 Å². The van der Waals surface area contributed by atoms with Crippen molar-refractivity contribution in [3.63, 3.8) is 0 Å². The zero-order valence-electron chi connectivity index (χ0n) is 13.4. The zero-order chi connectivity index (χ0) is 18.2. The van der Waals surface area contributed by atoms with E-state index in [2.05, 4.69) is 20.7 Å². The van der Waals surface area contributed by atoms with Gasteiger partial charge in [0.05, 0.1) is 15.2 Å². The minimum atomic E-state index is -3.66. The molecule has 0 atom stereocenters. The Kier molecular flexibility index (Phi) is 5.16. The van der Waals surface area contributed by atoms with Gasteiger partial charge >= 0.3 is 0 Å². The van der Waals surface area contributed by atoms with Gasteiger partial charge in [-0.3, -0.25) is 9.03 Å². The van der Waals surface area contributed by atoms with Gasteiger partial charge in [0.2, 0.25) is 10.0 Å². The lowest BCUT2D eigenvalue weighted by Crippen LogP contribution is -2.36. The Labute approximate surface area is 160 Å². The van der Waals surface area contributed by atoms with E-state index >= 15 is 0 Å². The van der Waals surface area contributed by atoms with Crippen LogP contribution in [-0.2, 0) is 26.5 Å². The lowest BCUT2D eigenvalue weighted by atomic mass is 10.0. The second-order valence-electron chi connectivity index (χ2n) is 5.58. The van der Waals surface area contributed by atoms with Gasteiger partial charge in [-0.2, -0.15) is 0 Å². The van der Waals surface area contributed by atoms with Crippen molar-refractivity contribution in [3.05, 3.63) is 39.7 Å². The van der Waals surface area contributed by atoms with Gasteiger partial charge in [-0.05, 0) is 71.6 Å². The highest BCUT2D eigenvalue weighted by Gasteiger charge is 2.26. The van der Waals surface area contributed by atoms with Crippen LogP contribution in [0.4, 0.5) is 11.4 Å². The first-order valence-corrected chi connectivity index (χ1v) is 12.3. The maximum Gasteiger partial charge on any atom is 0.271 e. The summed E-state index contributed by atoms with van der Waals surface area (Å²) in [6.45, 7) is 2.07. The predicted octanol–water partition coefficient (Wildman–Crippen LogP) is 3.41. The highest BCUT2D eigenvalue weighted by Crippen LogP contribution is 2.33. The molecule has 0 saturated heterocycles. The number of hydrogen-bond donors (Lipinski definition) is 1. The van der Waals surface area contributed by atoms with Crippen molar-refractivity contribution in [2.45, 2.75) is 24.0 Å². The monoisotopic (exact) mass is 464 g/mol. The molecule has 0 fully saturated rings. The van der Waals surface area contributed by atoms with Crippen molar-refractivity contribution in [2.24, 2.45) is 0 Å². The summed E-state index contributed by atoms with van der Waals surface area (Å²) in [5, 5.41) is 0. The van der Waals surface area contributed by atoms with Gasteiger partial charge in [-0.1, -0.05) is 0 Å². The van der Waals surface area contributed by atoms with E-state index in [0.717, 1.165) is 20.7 Å². The summed E-state index contributed by atoms with van der Waals surface area (Å²) in [6, 6.07) is 8.20. The van der Waals surface area contributed by atoms with Crippen molar-refractivity contribution in [1.82, 2.24) is 0 Å². The molecular weight excluding hydrogens is 448 g/mol. The lowest BCUT2D eigenvalue weighted by Gasteiger charge is -2.30. The fraction of sp³-hybridized carbons (Fsp3) is 0.333. The Hall–Kier alpha value is -1.10. The molecule has 10 heteroatoms. The number of thiophene rings is 1. The molecule has 0 spiro atoms. The molecule has 1 aromatic carbocycles. The first-order valence-electron chi connectivity index (χ1n) is 7.64. The van der Waals surface area contributed by atoms with Crippen LogP contribution in [-0.4, -0.2) is 29.1 Å².